The molecule has 3 aromatic rings. The Kier molecular flexibility index (Phi) is 4.36. The number of nitrogens with one attached hydrogen (secondary N) is 1. The first-order valence-corrected chi connectivity index (χ1v) is 8.67. The average Bonchev–Trinajstić information content (AvgIpc) is 3.12. The van der Waals surface area contributed by atoms with Crippen LogP contribution in [0.2, 0.25) is 0 Å². The molecule has 1 aliphatic rings. The third-order valence-electron chi connectivity index (χ3n) is 4.60. The summed E-state index contributed by atoms with van der Waals surface area (Å²) in [5.74, 6) is -0.273. The second kappa shape index (κ2) is 6.99. The molecule has 0 bridgehead atoms. The lowest BCUT2D eigenvalue weighted by atomic mass is 10.1. The van der Waals surface area contributed by atoms with Crippen molar-refractivity contribution < 1.29 is 9.59 Å². The van der Waals surface area contributed by atoms with E-state index in [2.05, 4.69) is 27.4 Å². The van der Waals surface area contributed by atoms with E-state index in [4.69, 9.17) is 11.5 Å². The number of hydrogen-bond donors (Lipinski definition) is 3. The van der Waals surface area contributed by atoms with E-state index in [9.17, 15) is 9.59 Å². The van der Waals surface area contributed by atoms with Gasteiger partial charge in [0.15, 0.2) is 0 Å². The molecule has 140 valence electrons. The Bertz CT molecular complexity index is 1040. The molecule has 2 heterocycles. The Morgan fingerprint density at radius 2 is 1.57 bits per heavy atom. The number of primary amides is 2. The van der Waals surface area contributed by atoms with E-state index in [1.807, 2.05) is 17.0 Å². The van der Waals surface area contributed by atoms with E-state index < -0.39 is 11.8 Å². The van der Waals surface area contributed by atoms with Gasteiger partial charge in [0.1, 0.15) is 11.4 Å². The minimum atomic E-state index is -0.580. The fourth-order valence-corrected chi connectivity index (χ4v) is 3.18. The predicted octanol–water partition coefficient (Wildman–Crippen LogP) is 1.94. The zero-order chi connectivity index (χ0) is 19.7. The third kappa shape index (κ3) is 3.35. The van der Waals surface area contributed by atoms with Crippen molar-refractivity contribution >= 4 is 29.3 Å². The highest BCUT2D eigenvalue weighted by atomic mass is 16.1. The van der Waals surface area contributed by atoms with Crippen molar-refractivity contribution in [1.29, 1.82) is 0 Å². The molecule has 2 aromatic carbocycles. The van der Waals surface area contributed by atoms with Crippen LogP contribution in [0.25, 0.3) is 0 Å². The zero-order valence-electron chi connectivity index (χ0n) is 14.9. The first-order valence-electron chi connectivity index (χ1n) is 8.67. The lowest BCUT2D eigenvalue weighted by Gasteiger charge is -2.19. The van der Waals surface area contributed by atoms with Crippen LogP contribution in [0, 0.1) is 0 Å². The van der Waals surface area contributed by atoms with E-state index in [0.717, 1.165) is 0 Å². The van der Waals surface area contributed by atoms with Crippen molar-refractivity contribution in [3.8, 4) is 0 Å². The maximum Gasteiger partial charge on any atom is 0.254 e. The minimum absolute atomic E-state index is 0.266. The maximum absolute atomic E-state index is 11.9. The van der Waals surface area contributed by atoms with Gasteiger partial charge in [0.2, 0.25) is 11.9 Å². The highest BCUT2D eigenvalue weighted by molar-refractivity contribution is 5.97. The summed E-state index contributed by atoms with van der Waals surface area (Å²) < 4.78 is 0. The first kappa shape index (κ1) is 17.5. The molecule has 8 nitrogen and oxygen atoms in total. The molecule has 0 saturated carbocycles. The van der Waals surface area contributed by atoms with Crippen LogP contribution in [0.3, 0.4) is 0 Å². The number of carbonyl (C=O) groups excluding carboxylic acids is 2. The average molecular weight is 374 g/mol. The van der Waals surface area contributed by atoms with Crippen LogP contribution in [-0.4, -0.2) is 21.8 Å². The van der Waals surface area contributed by atoms with Crippen LogP contribution in [0.5, 0.6) is 0 Å². The molecule has 2 amide bonds. The Hall–Kier alpha value is -3.94. The SMILES string of the molecule is NC(=O)c1ccc(Nc2ncc(C(N)=O)c(N3Cc4ccccc4C3)n2)cc1. The van der Waals surface area contributed by atoms with Gasteiger partial charge >= 0.3 is 0 Å². The van der Waals surface area contributed by atoms with Gasteiger partial charge in [-0.1, -0.05) is 24.3 Å². The van der Waals surface area contributed by atoms with Gasteiger partial charge in [-0.2, -0.15) is 4.98 Å². The molecular formula is C20H18N6O2. The summed E-state index contributed by atoms with van der Waals surface area (Å²) in [5, 5.41) is 3.07. The quantitative estimate of drug-likeness (QED) is 0.626. The second-order valence-electron chi connectivity index (χ2n) is 6.49. The molecule has 8 heteroatoms. The smallest absolute Gasteiger partial charge is 0.254 e. The number of hydrogen-bond acceptors (Lipinski definition) is 6. The summed E-state index contributed by atoms with van der Waals surface area (Å²) >= 11 is 0. The monoisotopic (exact) mass is 374 g/mol. The molecule has 0 spiro atoms. The van der Waals surface area contributed by atoms with Crippen LogP contribution in [0.1, 0.15) is 31.8 Å². The number of nitrogens with zero attached hydrogens (tertiary/aromatic N) is 3. The molecule has 0 radical (unpaired) electrons. The number of amides is 2. The van der Waals surface area contributed by atoms with Crippen molar-refractivity contribution in [2.45, 2.75) is 13.1 Å². The van der Waals surface area contributed by atoms with Crippen LogP contribution in [-0.2, 0) is 13.1 Å². The number of fused-ring (bicyclic) bond motifs is 1. The first-order chi connectivity index (χ1) is 13.5. The van der Waals surface area contributed by atoms with Gasteiger partial charge < -0.3 is 21.7 Å². The Labute approximate surface area is 161 Å². The summed E-state index contributed by atoms with van der Waals surface area (Å²) in [6, 6.07) is 14.7. The molecule has 0 fully saturated rings. The molecule has 28 heavy (non-hydrogen) atoms. The second-order valence-corrected chi connectivity index (χ2v) is 6.49. The van der Waals surface area contributed by atoms with Gasteiger partial charge in [-0.05, 0) is 35.4 Å². The summed E-state index contributed by atoms with van der Waals surface area (Å²) in [4.78, 5) is 33.8. The fraction of sp³-hybridized carbons (Fsp3) is 0.100. The molecule has 1 aliphatic heterocycles. The number of benzene rings is 2. The molecule has 4 rings (SSSR count). The summed E-state index contributed by atoms with van der Waals surface area (Å²) in [6.45, 7) is 1.28. The summed E-state index contributed by atoms with van der Waals surface area (Å²) in [6.07, 6.45) is 1.42. The molecule has 0 saturated heterocycles. The minimum Gasteiger partial charge on any atom is -0.366 e. The van der Waals surface area contributed by atoms with Crippen molar-refractivity contribution in [2.24, 2.45) is 11.5 Å². The molecule has 0 unspecified atom stereocenters. The zero-order valence-corrected chi connectivity index (χ0v) is 14.9. The number of anilines is 3. The predicted molar refractivity (Wildman–Crippen MR) is 105 cm³/mol. The maximum atomic E-state index is 11.9. The van der Waals surface area contributed by atoms with Crippen molar-refractivity contribution in [3.63, 3.8) is 0 Å². The third-order valence-corrected chi connectivity index (χ3v) is 4.60. The number of rotatable bonds is 5. The highest BCUT2D eigenvalue weighted by Gasteiger charge is 2.24. The van der Waals surface area contributed by atoms with E-state index in [1.54, 1.807) is 24.3 Å². The normalized spacial score (nSPS) is 12.5. The van der Waals surface area contributed by atoms with Crippen molar-refractivity contribution in [2.75, 3.05) is 10.2 Å². The van der Waals surface area contributed by atoms with Crippen molar-refractivity contribution in [3.05, 3.63) is 77.0 Å². The Morgan fingerprint density at radius 1 is 0.929 bits per heavy atom. The van der Waals surface area contributed by atoms with Gasteiger partial charge in [-0.25, -0.2) is 4.98 Å². The standard InChI is InChI=1S/C20H18N6O2/c21-17(27)12-5-7-15(8-6-12)24-20-23-9-16(18(22)28)19(25-20)26-10-13-3-1-2-4-14(13)11-26/h1-9H,10-11H2,(H2,21,27)(H2,22,28)(H,23,24,25). The number of nitrogens with two attached hydrogens (primary N) is 2. The topological polar surface area (TPSA) is 127 Å². The Morgan fingerprint density at radius 3 is 2.14 bits per heavy atom. The lowest BCUT2D eigenvalue weighted by Crippen LogP contribution is -2.23. The van der Waals surface area contributed by atoms with Gasteiger partial charge in [0, 0.05) is 30.5 Å². The van der Waals surface area contributed by atoms with Crippen LogP contribution in [0.4, 0.5) is 17.5 Å². The Balaban J connectivity index is 1.63. The van der Waals surface area contributed by atoms with Gasteiger partial charge in [0.05, 0.1) is 0 Å². The van der Waals surface area contributed by atoms with E-state index >= 15 is 0 Å². The molecule has 5 N–H and O–H groups in total. The van der Waals surface area contributed by atoms with Crippen LogP contribution >= 0.6 is 0 Å². The lowest BCUT2D eigenvalue weighted by molar-refractivity contribution is 0.0991. The van der Waals surface area contributed by atoms with E-state index in [-0.39, 0.29) is 5.56 Å². The van der Waals surface area contributed by atoms with Gasteiger partial charge in [-0.15, -0.1) is 0 Å². The van der Waals surface area contributed by atoms with E-state index in [0.29, 0.717) is 36.1 Å². The summed E-state index contributed by atoms with van der Waals surface area (Å²) in [7, 11) is 0. The molecule has 1 aromatic heterocycles. The fourth-order valence-electron chi connectivity index (χ4n) is 3.18. The number of aromatic nitrogens is 2. The largest absolute Gasteiger partial charge is 0.366 e. The molecule has 0 aliphatic carbocycles. The van der Waals surface area contributed by atoms with Gasteiger partial charge in [0.25, 0.3) is 5.91 Å². The molecular weight excluding hydrogens is 356 g/mol. The van der Waals surface area contributed by atoms with Crippen LogP contribution < -0.4 is 21.7 Å². The summed E-state index contributed by atoms with van der Waals surface area (Å²) in [5.41, 5.74) is 14.5. The number of carbonyl (C=O) groups is 2. The molecule has 0 atom stereocenters. The van der Waals surface area contributed by atoms with E-state index in [1.165, 1.54) is 17.3 Å². The van der Waals surface area contributed by atoms with Crippen molar-refractivity contribution in [1.82, 2.24) is 9.97 Å². The van der Waals surface area contributed by atoms with Crippen LogP contribution in [0.15, 0.2) is 54.7 Å². The van der Waals surface area contributed by atoms with Gasteiger partial charge in [-0.3, -0.25) is 9.59 Å². The highest BCUT2D eigenvalue weighted by Crippen LogP contribution is 2.30.